The predicted molar refractivity (Wildman–Crippen MR) is 83.3 cm³/mol. The van der Waals surface area contributed by atoms with E-state index < -0.39 is 11.9 Å². The van der Waals surface area contributed by atoms with Gasteiger partial charge in [0.15, 0.2) is 0 Å². The summed E-state index contributed by atoms with van der Waals surface area (Å²) in [5.41, 5.74) is 0.841. The van der Waals surface area contributed by atoms with Crippen molar-refractivity contribution in [1.29, 1.82) is 0 Å². The smallest absolute Gasteiger partial charge is 0.256 e. The van der Waals surface area contributed by atoms with E-state index in [0.717, 1.165) is 18.7 Å². The Hall–Kier alpha value is -2.76. The number of carbonyl (C=O) groups is 2. The van der Waals surface area contributed by atoms with Crippen molar-refractivity contribution in [2.45, 2.75) is 18.9 Å². The first kappa shape index (κ1) is 15.1. The molecule has 0 unspecified atom stereocenters. The minimum Gasteiger partial charge on any atom is -0.327 e. The van der Waals surface area contributed by atoms with E-state index in [0.29, 0.717) is 18.7 Å². The van der Waals surface area contributed by atoms with Crippen LogP contribution in [0.2, 0.25) is 0 Å². The molecule has 2 heterocycles. The molecule has 1 fully saturated rings. The number of hydrogen-bond acceptors (Lipinski definition) is 3. The maximum atomic E-state index is 13.2. The van der Waals surface area contributed by atoms with Gasteiger partial charge in [-0.1, -0.05) is 18.2 Å². The molecule has 1 saturated heterocycles. The van der Waals surface area contributed by atoms with Gasteiger partial charge in [-0.15, -0.1) is 0 Å². The lowest BCUT2D eigenvalue weighted by atomic mass is 10.1. The summed E-state index contributed by atoms with van der Waals surface area (Å²) in [5.74, 6) is -1.17. The summed E-state index contributed by atoms with van der Waals surface area (Å²) >= 11 is 0. The summed E-state index contributed by atoms with van der Waals surface area (Å²) < 4.78 is 13.2. The number of aromatic nitrogens is 1. The minimum absolute atomic E-state index is 0.157. The van der Waals surface area contributed by atoms with E-state index in [4.69, 9.17) is 0 Å². The lowest BCUT2D eigenvalue weighted by molar-refractivity contribution is -0.119. The number of benzene rings is 1. The quantitative estimate of drug-likeness (QED) is 0.947. The molecule has 0 saturated carbocycles. The van der Waals surface area contributed by atoms with Crippen molar-refractivity contribution in [2.24, 2.45) is 0 Å². The Balaban J connectivity index is 1.74. The molecule has 1 N–H and O–H groups in total. The van der Waals surface area contributed by atoms with Gasteiger partial charge in [0.25, 0.3) is 5.91 Å². The molecule has 1 atom stereocenters. The third-order valence-electron chi connectivity index (χ3n) is 3.81. The standard InChI is InChI=1S/C17H16FN3O2/c18-13-9-12(10-19-11-13)17(23)21-8-4-7-15(21)16(22)20-14-5-2-1-3-6-14/h1-3,5-6,9-11,15H,4,7-8H2,(H,20,22)/t15-/m1/s1. The van der Waals surface area contributed by atoms with Gasteiger partial charge in [-0.05, 0) is 31.0 Å². The number of likely N-dealkylation sites (tertiary alicyclic amines) is 1. The zero-order valence-electron chi connectivity index (χ0n) is 12.4. The maximum Gasteiger partial charge on any atom is 0.256 e. The Bertz CT molecular complexity index is 721. The fourth-order valence-corrected chi connectivity index (χ4v) is 2.72. The van der Waals surface area contributed by atoms with E-state index in [1.165, 1.54) is 11.1 Å². The van der Waals surface area contributed by atoms with E-state index in [9.17, 15) is 14.0 Å². The molecule has 1 aliphatic rings. The normalized spacial score (nSPS) is 17.1. The molecule has 5 nitrogen and oxygen atoms in total. The summed E-state index contributed by atoms with van der Waals surface area (Å²) in [6.45, 7) is 0.474. The molecule has 0 bridgehead atoms. The number of halogens is 1. The van der Waals surface area contributed by atoms with Gasteiger partial charge in [-0.3, -0.25) is 14.6 Å². The van der Waals surface area contributed by atoms with Crippen LogP contribution in [-0.4, -0.2) is 34.3 Å². The highest BCUT2D eigenvalue weighted by Gasteiger charge is 2.34. The predicted octanol–water partition coefficient (Wildman–Crippen LogP) is 2.46. The van der Waals surface area contributed by atoms with Crippen LogP contribution in [0.5, 0.6) is 0 Å². The van der Waals surface area contributed by atoms with E-state index in [1.54, 1.807) is 12.1 Å². The third-order valence-corrected chi connectivity index (χ3v) is 3.81. The van der Waals surface area contributed by atoms with Crippen molar-refractivity contribution >= 4 is 17.5 Å². The van der Waals surface area contributed by atoms with Gasteiger partial charge < -0.3 is 10.2 Å². The highest BCUT2D eigenvalue weighted by molar-refractivity contribution is 6.01. The second kappa shape index (κ2) is 6.56. The average Bonchev–Trinajstić information content (AvgIpc) is 3.05. The van der Waals surface area contributed by atoms with E-state index >= 15 is 0 Å². The molecule has 0 spiro atoms. The van der Waals surface area contributed by atoms with Crippen LogP contribution in [0.1, 0.15) is 23.2 Å². The average molecular weight is 313 g/mol. The Kier molecular flexibility index (Phi) is 4.32. The summed E-state index contributed by atoms with van der Waals surface area (Å²) in [7, 11) is 0. The Morgan fingerprint density at radius 1 is 1.22 bits per heavy atom. The summed E-state index contributed by atoms with van der Waals surface area (Å²) in [6, 6.07) is 9.67. The first-order chi connectivity index (χ1) is 11.1. The molecule has 6 heteroatoms. The van der Waals surface area contributed by atoms with Gasteiger partial charge >= 0.3 is 0 Å². The second-order valence-electron chi connectivity index (χ2n) is 5.40. The SMILES string of the molecule is O=C(Nc1ccccc1)[C@H]1CCCN1C(=O)c1cncc(F)c1. The van der Waals surface area contributed by atoms with Gasteiger partial charge in [0, 0.05) is 18.4 Å². The van der Waals surface area contributed by atoms with Crippen molar-refractivity contribution in [2.75, 3.05) is 11.9 Å². The zero-order valence-corrected chi connectivity index (χ0v) is 12.4. The van der Waals surface area contributed by atoms with Gasteiger partial charge in [0.05, 0.1) is 11.8 Å². The number of nitrogens with zero attached hydrogens (tertiary/aromatic N) is 2. The Morgan fingerprint density at radius 2 is 2.00 bits per heavy atom. The van der Waals surface area contributed by atoms with Crippen LogP contribution in [0.25, 0.3) is 0 Å². The van der Waals surface area contributed by atoms with Gasteiger partial charge in [0.2, 0.25) is 5.91 Å². The molecule has 23 heavy (non-hydrogen) atoms. The van der Waals surface area contributed by atoms with Crippen LogP contribution < -0.4 is 5.32 Å². The lowest BCUT2D eigenvalue weighted by Crippen LogP contribution is -2.43. The number of para-hydroxylation sites is 1. The maximum absolute atomic E-state index is 13.2. The second-order valence-corrected chi connectivity index (χ2v) is 5.40. The molecule has 2 amide bonds. The number of anilines is 1. The fourth-order valence-electron chi connectivity index (χ4n) is 2.72. The zero-order chi connectivity index (χ0) is 16.2. The molecule has 3 rings (SSSR count). The Labute approximate surface area is 133 Å². The first-order valence-corrected chi connectivity index (χ1v) is 7.42. The number of hydrogen-bond donors (Lipinski definition) is 1. The Morgan fingerprint density at radius 3 is 2.74 bits per heavy atom. The first-order valence-electron chi connectivity index (χ1n) is 7.42. The monoisotopic (exact) mass is 313 g/mol. The van der Waals surface area contributed by atoms with Crippen LogP contribution in [-0.2, 0) is 4.79 Å². The topological polar surface area (TPSA) is 62.3 Å². The number of pyridine rings is 1. The number of amides is 2. The van der Waals surface area contributed by atoms with Gasteiger partial charge in [0.1, 0.15) is 11.9 Å². The molecule has 2 aromatic rings. The number of rotatable bonds is 3. The van der Waals surface area contributed by atoms with E-state index in [1.807, 2.05) is 18.2 Å². The van der Waals surface area contributed by atoms with E-state index in [2.05, 4.69) is 10.3 Å². The number of nitrogens with one attached hydrogen (secondary N) is 1. The molecule has 1 aliphatic heterocycles. The van der Waals surface area contributed by atoms with Crippen LogP contribution in [0.15, 0.2) is 48.8 Å². The largest absolute Gasteiger partial charge is 0.327 e. The highest BCUT2D eigenvalue weighted by Crippen LogP contribution is 2.21. The molecular formula is C17H16FN3O2. The summed E-state index contributed by atoms with van der Waals surface area (Å²) in [6.07, 6.45) is 3.69. The summed E-state index contributed by atoms with van der Waals surface area (Å²) in [5, 5.41) is 2.81. The molecule has 0 aliphatic carbocycles. The van der Waals surface area contributed by atoms with Crippen molar-refractivity contribution in [3.8, 4) is 0 Å². The van der Waals surface area contributed by atoms with Crippen LogP contribution in [0.4, 0.5) is 10.1 Å². The van der Waals surface area contributed by atoms with Crippen molar-refractivity contribution in [3.05, 3.63) is 60.2 Å². The highest BCUT2D eigenvalue weighted by atomic mass is 19.1. The van der Waals surface area contributed by atoms with Crippen LogP contribution in [0.3, 0.4) is 0 Å². The van der Waals surface area contributed by atoms with Crippen molar-refractivity contribution in [1.82, 2.24) is 9.88 Å². The van der Waals surface area contributed by atoms with Gasteiger partial charge in [-0.25, -0.2) is 4.39 Å². The summed E-state index contributed by atoms with van der Waals surface area (Å²) in [4.78, 5) is 30.1. The molecule has 118 valence electrons. The van der Waals surface area contributed by atoms with Crippen LogP contribution in [0, 0.1) is 5.82 Å². The molecular weight excluding hydrogens is 297 g/mol. The molecule has 0 radical (unpaired) electrons. The van der Waals surface area contributed by atoms with E-state index in [-0.39, 0.29) is 17.4 Å². The lowest BCUT2D eigenvalue weighted by Gasteiger charge is -2.24. The van der Waals surface area contributed by atoms with Crippen LogP contribution >= 0.6 is 0 Å². The van der Waals surface area contributed by atoms with Crippen molar-refractivity contribution < 1.29 is 14.0 Å². The molecule has 1 aromatic carbocycles. The minimum atomic E-state index is -0.569. The molecule has 1 aromatic heterocycles. The fraction of sp³-hybridized carbons (Fsp3) is 0.235. The van der Waals surface area contributed by atoms with Crippen molar-refractivity contribution in [3.63, 3.8) is 0 Å². The number of carbonyl (C=O) groups excluding carboxylic acids is 2. The van der Waals surface area contributed by atoms with Gasteiger partial charge in [-0.2, -0.15) is 0 Å². The third kappa shape index (κ3) is 3.36.